The van der Waals surface area contributed by atoms with Crippen molar-refractivity contribution in [2.75, 3.05) is 0 Å². The summed E-state index contributed by atoms with van der Waals surface area (Å²) >= 11 is 0. The summed E-state index contributed by atoms with van der Waals surface area (Å²) in [7, 11) is 0. The van der Waals surface area contributed by atoms with Gasteiger partial charge in [0.2, 0.25) is 0 Å². The van der Waals surface area contributed by atoms with Crippen molar-refractivity contribution in [3.63, 3.8) is 0 Å². The molecule has 0 aliphatic heterocycles. The van der Waals surface area contributed by atoms with Gasteiger partial charge in [0.15, 0.2) is 0 Å². The van der Waals surface area contributed by atoms with E-state index in [1.54, 1.807) is 0 Å². The van der Waals surface area contributed by atoms with E-state index in [0.717, 1.165) is 12.8 Å². The third kappa shape index (κ3) is 4.46. The Kier molecular flexibility index (Phi) is 4.50. The van der Waals surface area contributed by atoms with Crippen LogP contribution in [-0.2, 0) is 9.78 Å². The van der Waals surface area contributed by atoms with Crippen LogP contribution in [0.1, 0.15) is 81.6 Å². The first-order valence-electron chi connectivity index (χ1n) is 7.63. The van der Waals surface area contributed by atoms with Crippen LogP contribution in [0.2, 0.25) is 0 Å². The zero-order valence-electron chi connectivity index (χ0n) is 14.5. The van der Waals surface area contributed by atoms with Crippen LogP contribution in [0.4, 0.5) is 0 Å². The fraction of sp³-hybridized carbons (Fsp3) is 1.00. The molecule has 1 aliphatic carbocycles. The second kappa shape index (κ2) is 5.04. The van der Waals surface area contributed by atoms with Gasteiger partial charge < -0.3 is 0 Å². The van der Waals surface area contributed by atoms with Gasteiger partial charge in [-0.1, -0.05) is 41.5 Å². The molecule has 1 fully saturated rings. The molecule has 0 N–H and O–H groups in total. The first-order chi connectivity index (χ1) is 8.27. The predicted molar refractivity (Wildman–Crippen MR) is 80.9 cm³/mol. The standard InChI is InChI=1S/C17H34O2/c1-13-10-16(8,9)12-17(11-13,14(2,3)4)19-18-15(5,6)7/h13H,10-12H2,1-9H3. The third-order valence-corrected chi connectivity index (χ3v) is 4.16. The van der Waals surface area contributed by atoms with Crippen LogP contribution in [0.5, 0.6) is 0 Å². The Labute approximate surface area is 120 Å². The molecule has 2 unspecified atom stereocenters. The molecule has 0 spiro atoms. The summed E-state index contributed by atoms with van der Waals surface area (Å²) in [6, 6.07) is 0. The topological polar surface area (TPSA) is 18.5 Å². The summed E-state index contributed by atoms with van der Waals surface area (Å²) in [5.74, 6) is 0.673. The van der Waals surface area contributed by atoms with Crippen LogP contribution in [0.15, 0.2) is 0 Å². The molecule has 19 heavy (non-hydrogen) atoms. The van der Waals surface area contributed by atoms with Gasteiger partial charge in [0, 0.05) is 0 Å². The van der Waals surface area contributed by atoms with E-state index in [2.05, 4.69) is 41.5 Å². The Balaban J connectivity index is 3.00. The van der Waals surface area contributed by atoms with Crippen molar-refractivity contribution in [1.82, 2.24) is 0 Å². The van der Waals surface area contributed by atoms with Crippen LogP contribution in [0, 0.1) is 16.7 Å². The number of hydrogen-bond acceptors (Lipinski definition) is 2. The van der Waals surface area contributed by atoms with Crippen LogP contribution >= 0.6 is 0 Å². The molecule has 2 heteroatoms. The molecule has 0 bridgehead atoms. The Hall–Kier alpha value is -0.0800. The highest BCUT2D eigenvalue weighted by atomic mass is 17.2. The fourth-order valence-corrected chi connectivity index (χ4v) is 3.46. The minimum Gasteiger partial charge on any atom is -0.230 e. The minimum atomic E-state index is -0.261. The van der Waals surface area contributed by atoms with Crippen LogP contribution < -0.4 is 0 Å². The monoisotopic (exact) mass is 270 g/mol. The maximum atomic E-state index is 6.11. The molecule has 2 atom stereocenters. The molecule has 0 aromatic heterocycles. The molecule has 1 aliphatic rings. The van der Waals surface area contributed by atoms with E-state index in [1.165, 1.54) is 6.42 Å². The second-order valence-electron chi connectivity index (χ2n) is 9.38. The van der Waals surface area contributed by atoms with Gasteiger partial charge in [-0.15, -0.1) is 0 Å². The highest BCUT2D eigenvalue weighted by Gasteiger charge is 2.52. The number of hydrogen-bond donors (Lipinski definition) is 0. The third-order valence-electron chi connectivity index (χ3n) is 4.16. The van der Waals surface area contributed by atoms with Gasteiger partial charge in [-0.25, -0.2) is 9.78 Å². The van der Waals surface area contributed by atoms with Gasteiger partial charge in [-0.3, -0.25) is 0 Å². The van der Waals surface area contributed by atoms with Crippen molar-refractivity contribution in [1.29, 1.82) is 0 Å². The van der Waals surface area contributed by atoms with Gasteiger partial charge in [0.25, 0.3) is 0 Å². The van der Waals surface area contributed by atoms with Crippen molar-refractivity contribution in [3.8, 4) is 0 Å². The van der Waals surface area contributed by atoms with Crippen LogP contribution in [0.3, 0.4) is 0 Å². The summed E-state index contributed by atoms with van der Waals surface area (Å²) in [6.07, 6.45) is 3.41. The van der Waals surface area contributed by atoms with E-state index < -0.39 is 0 Å². The molecular weight excluding hydrogens is 236 g/mol. The smallest absolute Gasteiger partial charge is 0.109 e. The summed E-state index contributed by atoms with van der Waals surface area (Å²) in [5, 5.41) is 0. The van der Waals surface area contributed by atoms with E-state index in [-0.39, 0.29) is 16.6 Å². The maximum Gasteiger partial charge on any atom is 0.109 e. The Bertz CT molecular complexity index is 306. The van der Waals surface area contributed by atoms with Crippen LogP contribution in [-0.4, -0.2) is 11.2 Å². The SMILES string of the molecule is CC1CC(C)(C)CC(OOC(C)(C)C)(C(C)(C)C)C1. The Morgan fingerprint density at radius 1 is 0.947 bits per heavy atom. The summed E-state index contributed by atoms with van der Waals surface area (Å²) < 4.78 is 0. The van der Waals surface area contributed by atoms with E-state index in [4.69, 9.17) is 9.78 Å². The zero-order valence-corrected chi connectivity index (χ0v) is 14.5. The zero-order chi connectivity index (χ0) is 15.1. The lowest BCUT2D eigenvalue weighted by atomic mass is 9.58. The molecule has 114 valence electrons. The van der Waals surface area contributed by atoms with Gasteiger partial charge >= 0.3 is 0 Å². The van der Waals surface area contributed by atoms with E-state index >= 15 is 0 Å². The summed E-state index contributed by atoms with van der Waals surface area (Å²) in [5.41, 5.74) is -0.0685. The minimum absolute atomic E-state index is 0.0736. The molecule has 0 saturated heterocycles. The van der Waals surface area contributed by atoms with Crippen molar-refractivity contribution in [2.24, 2.45) is 16.7 Å². The Morgan fingerprint density at radius 2 is 1.47 bits per heavy atom. The first-order valence-corrected chi connectivity index (χ1v) is 7.63. The molecule has 0 heterocycles. The summed E-state index contributed by atoms with van der Waals surface area (Å²) in [6.45, 7) is 20.0. The highest BCUT2D eigenvalue weighted by molar-refractivity contribution is 5.00. The molecule has 1 saturated carbocycles. The first kappa shape index (κ1) is 17.0. The van der Waals surface area contributed by atoms with Gasteiger partial charge in [0.1, 0.15) is 5.60 Å². The maximum absolute atomic E-state index is 6.11. The van der Waals surface area contributed by atoms with Gasteiger partial charge in [-0.2, -0.15) is 0 Å². The molecule has 2 nitrogen and oxygen atoms in total. The molecule has 1 rings (SSSR count). The van der Waals surface area contributed by atoms with Crippen molar-refractivity contribution < 1.29 is 9.78 Å². The van der Waals surface area contributed by atoms with E-state index in [1.807, 2.05) is 20.8 Å². The lowest BCUT2D eigenvalue weighted by Gasteiger charge is -2.53. The predicted octanol–water partition coefficient (Wildman–Crippen LogP) is 5.36. The molecule has 0 radical (unpaired) electrons. The van der Waals surface area contributed by atoms with Crippen LogP contribution in [0.25, 0.3) is 0 Å². The van der Waals surface area contributed by atoms with Crippen molar-refractivity contribution in [3.05, 3.63) is 0 Å². The van der Waals surface area contributed by atoms with Crippen molar-refractivity contribution >= 4 is 0 Å². The highest BCUT2D eigenvalue weighted by Crippen LogP contribution is 2.53. The Morgan fingerprint density at radius 3 is 1.84 bits per heavy atom. The van der Waals surface area contributed by atoms with Gasteiger partial charge in [0.05, 0.1) is 5.60 Å². The van der Waals surface area contributed by atoms with Crippen molar-refractivity contribution in [2.45, 2.75) is 92.8 Å². The van der Waals surface area contributed by atoms with E-state index in [0.29, 0.717) is 11.3 Å². The van der Waals surface area contributed by atoms with E-state index in [9.17, 15) is 0 Å². The molecule has 0 aromatic carbocycles. The average Bonchev–Trinajstić information content (AvgIpc) is 2.08. The number of rotatable bonds is 2. The lowest BCUT2D eigenvalue weighted by Crippen LogP contribution is -2.53. The molecular formula is C17H34O2. The largest absolute Gasteiger partial charge is 0.230 e. The quantitative estimate of drug-likeness (QED) is 0.496. The molecule has 0 aromatic rings. The fourth-order valence-electron chi connectivity index (χ4n) is 3.46. The average molecular weight is 270 g/mol. The normalized spacial score (nSPS) is 32.4. The lowest BCUT2D eigenvalue weighted by molar-refractivity contribution is -0.432. The second-order valence-corrected chi connectivity index (χ2v) is 9.38. The molecule has 0 amide bonds. The van der Waals surface area contributed by atoms with Gasteiger partial charge in [-0.05, 0) is 56.8 Å². The summed E-state index contributed by atoms with van der Waals surface area (Å²) in [4.78, 5) is 11.8.